The summed E-state index contributed by atoms with van der Waals surface area (Å²) in [4.78, 5) is 0. The first-order valence-electron chi connectivity index (χ1n) is 3.85. The number of hydrogen-bond donors (Lipinski definition) is 1. The van der Waals surface area contributed by atoms with E-state index in [0.717, 1.165) is 5.56 Å². The minimum atomic E-state index is -0.465. The predicted molar refractivity (Wildman–Crippen MR) is 47.3 cm³/mol. The lowest BCUT2D eigenvalue weighted by molar-refractivity contribution is -0.308. The fraction of sp³-hybridized carbons (Fsp3) is 0.200. The summed E-state index contributed by atoms with van der Waals surface area (Å²) in [6, 6.07) is 9.21. The monoisotopic (exact) mass is 162 g/mol. The molecule has 0 amide bonds. The van der Waals surface area contributed by atoms with Crippen LogP contribution in [0.5, 0.6) is 0 Å². The summed E-state index contributed by atoms with van der Waals surface area (Å²) < 4.78 is 0. The molecule has 1 aromatic rings. The molecule has 1 unspecified atom stereocenters. The molecule has 0 spiro atoms. The maximum absolute atomic E-state index is 10.7. The lowest BCUT2D eigenvalue weighted by Crippen LogP contribution is -2.30. The molecule has 1 atom stereocenters. The first-order chi connectivity index (χ1) is 5.70. The first kappa shape index (κ1) is 8.81. The molecular formula is C10H12NO-. The van der Waals surface area contributed by atoms with Crippen molar-refractivity contribution in [1.29, 1.82) is 0 Å². The van der Waals surface area contributed by atoms with Gasteiger partial charge in [0.2, 0.25) is 0 Å². The van der Waals surface area contributed by atoms with Crippen molar-refractivity contribution in [2.75, 3.05) is 0 Å². The maximum atomic E-state index is 10.7. The minimum absolute atomic E-state index is 0.209. The number of hydrogen-bond acceptors (Lipinski definition) is 2. The molecule has 2 nitrogen and oxygen atoms in total. The number of rotatable bonds is 3. The average molecular weight is 162 g/mol. The van der Waals surface area contributed by atoms with Gasteiger partial charge in [-0.05, 0) is 12.0 Å². The number of nitrogens with two attached hydrogens (primary N) is 1. The fourth-order valence-electron chi connectivity index (χ4n) is 0.982. The third-order valence-corrected chi connectivity index (χ3v) is 1.71. The molecule has 0 aliphatic rings. The Morgan fingerprint density at radius 2 is 2.00 bits per heavy atom. The van der Waals surface area contributed by atoms with Gasteiger partial charge in [-0.1, -0.05) is 30.3 Å². The quantitative estimate of drug-likeness (QED) is 0.655. The Morgan fingerprint density at radius 1 is 1.42 bits per heavy atom. The third-order valence-electron chi connectivity index (χ3n) is 1.71. The highest BCUT2D eigenvalue weighted by Crippen LogP contribution is 2.03. The van der Waals surface area contributed by atoms with Gasteiger partial charge in [0.25, 0.3) is 0 Å². The van der Waals surface area contributed by atoms with Crippen LogP contribution in [0.2, 0.25) is 0 Å². The van der Waals surface area contributed by atoms with Crippen LogP contribution in [-0.2, 0) is 6.42 Å². The van der Waals surface area contributed by atoms with Gasteiger partial charge in [0, 0.05) is 6.04 Å². The lowest BCUT2D eigenvalue weighted by Gasteiger charge is -2.18. The SMILES string of the molecule is C=C([O-])C(N)Cc1ccccc1. The molecular weight excluding hydrogens is 150 g/mol. The van der Waals surface area contributed by atoms with Gasteiger partial charge in [0.15, 0.2) is 0 Å². The van der Waals surface area contributed by atoms with Crippen molar-refractivity contribution in [3.8, 4) is 0 Å². The average Bonchev–Trinajstić information content (AvgIpc) is 2.06. The molecule has 0 heterocycles. The van der Waals surface area contributed by atoms with E-state index in [2.05, 4.69) is 6.58 Å². The molecule has 1 rings (SSSR count). The standard InChI is InChI=1S/C10H13NO/c1-8(12)10(11)7-9-5-3-2-4-6-9/h2-6,10,12H,1,7,11H2/p-1. The molecule has 0 aliphatic heterocycles. The largest absolute Gasteiger partial charge is 0.875 e. The summed E-state index contributed by atoms with van der Waals surface area (Å²) in [5, 5.41) is 10.7. The molecule has 12 heavy (non-hydrogen) atoms. The van der Waals surface area contributed by atoms with Crippen molar-refractivity contribution in [3.63, 3.8) is 0 Å². The molecule has 0 aliphatic carbocycles. The summed E-state index contributed by atoms with van der Waals surface area (Å²) in [6.07, 6.45) is 0.573. The second-order valence-corrected chi connectivity index (χ2v) is 2.76. The van der Waals surface area contributed by atoms with Crippen molar-refractivity contribution < 1.29 is 5.11 Å². The summed E-state index contributed by atoms with van der Waals surface area (Å²) in [6.45, 7) is 3.27. The van der Waals surface area contributed by atoms with Gasteiger partial charge in [-0.25, -0.2) is 0 Å². The fourth-order valence-corrected chi connectivity index (χ4v) is 0.982. The van der Waals surface area contributed by atoms with Gasteiger partial charge in [-0.3, -0.25) is 0 Å². The van der Waals surface area contributed by atoms with E-state index in [1.807, 2.05) is 30.3 Å². The maximum Gasteiger partial charge on any atom is 0.0187 e. The van der Waals surface area contributed by atoms with E-state index in [4.69, 9.17) is 5.73 Å². The zero-order chi connectivity index (χ0) is 8.97. The van der Waals surface area contributed by atoms with Crippen molar-refractivity contribution in [3.05, 3.63) is 48.2 Å². The van der Waals surface area contributed by atoms with Crippen molar-refractivity contribution in [2.24, 2.45) is 5.73 Å². The smallest absolute Gasteiger partial charge is 0.0187 e. The number of benzene rings is 1. The predicted octanol–water partition coefficient (Wildman–Crippen LogP) is 0.430. The van der Waals surface area contributed by atoms with Crippen LogP contribution in [0.15, 0.2) is 42.7 Å². The topological polar surface area (TPSA) is 49.1 Å². The second-order valence-electron chi connectivity index (χ2n) is 2.76. The van der Waals surface area contributed by atoms with E-state index < -0.39 is 6.04 Å². The Labute approximate surface area is 72.3 Å². The van der Waals surface area contributed by atoms with E-state index >= 15 is 0 Å². The summed E-state index contributed by atoms with van der Waals surface area (Å²) in [5.74, 6) is -0.209. The van der Waals surface area contributed by atoms with Crippen LogP contribution in [0, 0.1) is 0 Å². The zero-order valence-corrected chi connectivity index (χ0v) is 6.86. The van der Waals surface area contributed by atoms with E-state index in [0.29, 0.717) is 6.42 Å². The van der Waals surface area contributed by atoms with E-state index in [1.54, 1.807) is 0 Å². The molecule has 2 heteroatoms. The Kier molecular flexibility index (Phi) is 2.88. The molecule has 0 saturated carbocycles. The third kappa shape index (κ3) is 2.40. The summed E-state index contributed by atoms with van der Waals surface area (Å²) in [5.41, 5.74) is 6.61. The van der Waals surface area contributed by atoms with E-state index in [-0.39, 0.29) is 5.76 Å². The summed E-state index contributed by atoms with van der Waals surface area (Å²) >= 11 is 0. The Balaban J connectivity index is 2.58. The Hall–Kier alpha value is -1.28. The normalized spacial score (nSPS) is 12.4. The lowest BCUT2D eigenvalue weighted by atomic mass is 10.1. The van der Waals surface area contributed by atoms with Gasteiger partial charge in [-0.2, -0.15) is 0 Å². The van der Waals surface area contributed by atoms with Crippen LogP contribution in [0.4, 0.5) is 0 Å². The molecule has 0 bridgehead atoms. The van der Waals surface area contributed by atoms with Crippen LogP contribution < -0.4 is 10.8 Å². The van der Waals surface area contributed by atoms with Crippen LogP contribution >= 0.6 is 0 Å². The molecule has 2 N–H and O–H groups in total. The van der Waals surface area contributed by atoms with Crippen LogP contribution in [0.1, 0.15) is 5.56 Å². The Morgan fingerprint density at radius 3 is 2.50 bits per heavy atom. The van der Waals surface area contributed by atoms with E-state index in [1.165, 1.54) is 0 Å². The van der Waals surface area contributed by atoms with Gasteiger partial charge >= 0.3 is 0 Å². The summed E-state index contributed by atoms with van der Waals surface area (Å²) in [7, 11) is 0. The van der Waals surface area contributed by atoms with Crippen LogP contribution in [0.3, 0.4) is 0 Å². The van der Waals surface area contributed by atoms with Crippen molar-refractivity contribution in [2.45, 2.75) is 12.5 Å². The van der Waals surface area contributed by atoms with Gasteiger partial charge in [-0.15, -0.1) is 12.3 Å². The highest BCUT2D eigenvalue weighted by Gasteiger charge is 1.99. The first-order valence-corrected chi connectivity index (χ1v) is 3.85. The molecule has 0 saturated heterocycles. The molecule has 0 fully saturated rings. The molecule has 1 aromatic carbocycles. The zero-order valence-electron chi connectivity index (χ0n) is 6.86. The highest BCUT2D eigenvalue weighted by atomic mass is 16.3. The van der Waals surface area contributed by atoms with Crippen molar-refractivity contribution in [1.82, 2.24) is 0 Å². The highest BCUT2D eigenvalue weighted by molar-refractivity contribution is 5.17. The van der Waals surface area contributed by atoms with E-state index in [9.17, 15) is 5.11 Å². The van der Waals surface area contributed by atoms with Crippen LogP contribution in [0.25, 0.3) is 0 Å². The van der Waals surface area contributed by atoms with Gasteiger partial charge in [0.1, 0.15) is 0 Å². The Bertz CT molecular complexity index is 256. The molecule has 0 radical (unpaired) electrons. The second kappa shape index (κ2) is 3.93. The van der Waals surface area contributed by atoms with Gasteiger partial charge < -0.3 is 10.8 Å². The van der Waals surface area contributed by atoms with Crippen LogP contribution in [-0.4, -0.2) is 6.04 Å². The molecule has 64 valence electrons. The van der Waals surface area contributed by atoms with Gasteiger partial charge in [0.05, 0.1) is 0 Å². The minimum Gasteiger partial charge on any atom is -0.875 e. The van der Waals surface area contributed by atoms with Crippen molar-refractivity contribution >= 4 is 0 Å². The molecule has 0 aromatic heterocycles.